The maximum Gasteiger partial charge on any atom is 0.424 e. The van der Waals surface area contributed by atoms with Crippen molar-refractivity contribution in [3.05, 3.63) is 0 Å². The van der Waals surface area contributed by atoms with Gasteiger partial charge < -0.3 is 15.6 Å². The Balaban J connectivity index is 2.48. The van der Waals surface area contributed by atoms with E-state index in [-0.39, 0.29) is 18.9 Å². The third kappa shape index (κ3) is 2.74. The summed E-state index contributed by atoms with van der Waals surface area (Å²) in [5, 5.41) is 8.52. The monoisotopic (exact) mass is 216 g/mol. The molecule has 7 nitrogen and oxygen atoms in total. The summed E-state index contributed by atoms with van der Waals surface area (Å²) in [6.07, 6.45) is -0.185. The van der Waals surface area contributed by atoms with Crippen LogP contribution in [-0.4, -0.2) is 47.2 Å². The van der Waals surface area contributed by atoms with Gasteiger partial charge in [0.25, 0.3) is 0 Å². The van der Waals surface area contributed by atoms with Crippen molar-refractivity contribution in [1.29, 1.82) is 0 Å². The van der Waals surface area contributed by atoms with E-state index in [1.165, 1.54) is 0 Å². The first-order valence-electron chi connectivity index (χ1n) is 4.48. The number of rotatable bonds is 2. The van der Waals surface area contributed by atoms with Crippen molar-refractivity contribution >= 4 is 18.0 Å². The lowest BCUT2D eigenvalue weighted by molar-refractivity contribution is -0.141. The number of hydrogen-bond acceptors (Lipinski definition) is 6. The summed E-state index contributed by atoms with van der Waals surface area (Å²) < 4.78 is 4.30. The van der Waals surface area contributed by atoms with Gasteiger partial charge in [-0.25, -0.2) is 14.5 Å². The van der Waals surface area contributed by atoms with Crippen LogP contribution in [-0.2, 0) is 14.3 Å². The lowest BCUT2D eigenvalue weighted by atomic mass is 10.3. The fraction of sp³-hybridized carbons (Fsp3) is 0.625. The van der Waals surface area contributed by atoms with Gasteiger partial charge in [-0.3, -0.25) is 4.79 Å². The molecule has 1 saturated heterocycles. The molecule has 1 fully saturated rings. The van der Waals surface area contributed by atoms with Crippen LogP contribution in [0, 0.1) is 0 Å². The number of nitrogens with zero attached hydrogens (tertiary/aromatic N) is 1. The molecular weight excluding hydrogens is 204 g/mol. The lowest BCUT2D eigenvalue weighted by Gasteiger charge is -2.13. The molecule has 0 aromatic heterocycles. The molecule has 1 rings (SSSR count). The highest BCUT2D eigenvalue weighted by Crippen LogP contribution is 2.11. The van der Waals surface area contributed by atoms with Crippen LogP contribution >= 0.6 is 0 Å². The van der Waals surface area contributed by atoms with Gasteiger partial charge in [0.1, 0.15) is 6.04 Å². The quantitative estimate of drug-likeness (QED) is 0.433. The van der Waals surface area contributed by atoms with Crippen molar-refractivity contribution in [1.82, 2.24) is 4.90 Å². The maximum atomic E-state index is 11.2. The van der Waals surface area contributed by atoms with Crippen LogP contribution < -0.4 is 5.73 Å². The number of aliphatic hydroxyl groups is 1. The predicted octanol–water partition coefficient (Wildman–Crippen LogP) is -1.41. The van der Waals surface area contributed by atoms with E-state index in [1.54, 1.807) is 0 Å². The number of nitrogens with two attached hydrogens (primary N) is 1. The minimum absolute atomic E-state index is 0.249. The summed E-state index contributed by atoms with van der Waals surface area (Å²) in [7, 11) is 0. The number of imide groups is 1. The molecule has 0 radical (unpaired) electrons. The minimum Gasteiger partial charge on any atom is -0.394 e. The molecule has 0 bridgehead atoms. The Morgan fingerprint density at radius 3 is 2.73 bits per heavy atom. The van der Waals surface area contributed by atoms with E-state index in [4.69, 9.17) is 10.8 Å². The zero-order valence-corrected chi connectivity index (χ0v) is 8.01. The molecule has 0 saturated carbocycles. The molecule has 0 aliphatic carbocycles. The third-order valence-electron chi connectivity index (χ3n) is 1.98. The van der Waals surface area contributed by atoms with Gasteiger partial charge in [-0.15, -0.1) is 0 Å². The normalized spacial score (nSPS) is 17.7. The molecule has 0 aromatic carbocycles. The summed E-state index contributed by atoms with van der Waals surface area (Å²) >= 11 is 0. The van der Waals surface area contributed by atoms with Gasteiger partial charge in [0.05, 0.1) is 6.61 Å². The van der Waals surface area contributed by atoms with Gasteiger partial charge in [-0.1, -0.05) is 0 Å². The highest BCUT2D eigenvalue weighted by atomic mass is 16.6. The predicted molar refractivity (Wildman–Crippen MR) is 47.5 cm³/mol. The average Bonchev–Trinajstić information content (AvgIpc) is 2.63. The molecule has 1 aliphatic heterocycles. The van der Waals surface area contributed by atoms with Crippen LogP contribution in [0.1, 0.15) is 12.8 Å². The first-order chi connectivity index (χ1) is 7.06. The molecule has 1 heterocycles. The van der Waals surface area contributed by atoms with Crippen LogP contribution in [0.5, 0.6) is 0 Å². The second-order valence-electron chi connectivity index (χ2n) is 3.13. The molecule has 0 unspecified atom stereocenters. The summed E-state index contributed by atoms with van der Waals surface area (Å²) in [5.74, 6) is -1.41. The molecule has 0 spiro atoms. The van der Waals surface area contributed by atoms with Crippen molar-refractivity contribution in [3.8, 4) is 0 Å². The Labute approximate surface area is 85.8 Å². The molecule has 7 heteroatoms. The molecule has 15 heavy (non-hydrogen) atoms. The van der Waals surface area contributed by atoms with Gasteiger partial charge in [0, 0.05) is 13.0 Å². The van der Waals surface area contributed by atoms with Gasteiger partial charge in [0.2, 0.25) is 5.91 Å². The van der Waals surface area contributed by atoms with Crippen molar-refractivity contribution in [2.45, 2.75) is 18.9 Å². The Morgan fingerprint density at radius 1 is 1.60 bits per heavy atom. The summed E-state index contributed by atoms with van der Waals surface area (Å²) in [6.45, 7) is -0.362. The summed E-state index contributed by atoms with van der Waals surface area (Å²) in [4.78, 5) is 34.1. The van der Waals surface area contributed by atoms with Gasteiger partial charge in [-0.2, -0.15) is 0 Å². The van der Waals surface area contributed by atoms with Crippen molar-refractivity contribution in [2.24, 2.45) is 5.73 Å². The fourth-order valence-electron chi connectivity index (χ4n) is 1.13. The maximum absolute atomic E-state index is 11.2. The van der Waals surface area contributed by atoms with E-state index < -0.39 is 24.7 Å². The largest absolute Gasteiger partial charge is 0.424 e. The smallest absolute Gasteiger partial charge is 0.394 e. The average molecular weight is 216 g/mol. The number of aliphatic hydroxyl groups excluding tert-OH is 1. The number of carbonyl (C=O) groups excluding carboxylic acids is 3. The number of amides is 2. The summed E-state index contributed by atoms with van der Waals surface area (Å²) in [6, 6.07) is -1.26. The van der Waals surface area contributed by atoms with Gasteiger partial charge >= 0.3 is 12.1 Å². The van der Waals surface area contributed by atoms with E-state index >= 15 is 0 Å². The second-order valence-corrected chi connectivity index (χ2v) is 3.13. The van der Waals surface area contributed by atoms with Crippen LogP contribution in [0.15, 0.2) is 0 Å². The third-order valence-corrected chi connectivity index (χ3v) is 1.98. The minimum atomic E-state index is -1.26. The molecule has 84 valence electrons. The van der Waals surface area contributed by atoms with Crippen LogP contribution in [0.4, 0.5) is 4.79 Å². The highest BCUT2D eigenvalue weighted by Gasteiger charge is 2.30. The standard InChI is InChI=1S/C8H12N2O5/c9-5(4-11)7(13)15-8(14)10-3-1-2-6(10)12/h5,11H,1-4,9H2/t5-/m0/s1. The van der Waals surface area contributed by atoms with Crippen molar-refractivity contribution < 1.29 is 24.2 Å². The van der Waals surface area contributed by atoms with E-state index in [0.717, 1.165) is 4.90 Å². The molecule has 3 N–H and O–H groups in total. The highest BCUT2D eigenvalue weighted by molar-refractivity contribution is 5.98. The number of likely N-dealkylation sites (tertiary alicyclic amines) is 1. The van der Waals surface area contributed by atoms with Crippen LogP contribution in [0.25, 0.3) is 0 Å². The second kappa shape index (κ2) is 4.85. The van der Waals surface area contributed by atoms with Gasteiger partial charge in [0.15, 0.2) is 0 Å². The summed E-state index contributed by atoms with van der Waals surface area (Å²) in [5.41, 5.74) is 5.12. The fourth-order valence-corrected chi connectivity index (χ4v) is 1.13. The molecular formula is C8H12N2O5. The Hall–Kier alpha value is -1.47. The van der Waals surface area contributed by atoms with E-state index in [9.17, 15) is 14.4 Å². The van der Waals surface area contributed by atoms with E-state index in [2.05, 4.69) is 4.74 Å². The molecule has 2 amide bonds. The van der Waals surface area contributed by atoms with E-state index in [1.807, 2.05) is 0 Å². The molecule has 0 aromatic rings. The lowest BCUT2D eigenvalue weighted by Crippen LogP contribution is -2.41. The topological polar surface area (TPSA) is 110 Å². The molecule has 1 aliphatic rings. The number of esters is 1. The Morgan fingerprint density at radius 2 is 2.27 bits per heavy atom. The van der Waals surface area contributed by atoms with Crippen molar-refractivity contribution in [2.75, 3.05) is 13.2 Å². The Kier molecular flexibility index (Phi) is 3.75. The van der Waals surface area contributed by atoms with Crippen LogP contribution in [0.2, 0.25) is 0 Å². The van der Waals surface area contributed by atoms with Crippen molar-refractivity contribution in [3.63, 3.8) is 0 Å². The number of ether oxygens (including phenoxy) is 1. The Bertz CT molecular complexity index is 291. The first kappa shape index (κ1) is 11.6. The zero-order valence-electron chi connectivity index (χ0n) is 8.01. The zero-order chi connectivity index (χ0) is 11.4. The van der Waals surface area contributed by atoms with Crippen LogP contribution in [0.3, 0.4) is 0 Å². The molecule has 1 atom stereocenters. The van der Waals surface area contributed by atoms with Gasteiger partial charge in [-0.05, 0) is 6.42 Å². The first-order valence-corrected chi connectivity index (χ1v) is 4.48. The number of hydrogen-bond donors (Lipinski definition) is 2. The SMILES string of the molecule is N[C@@H](CO)C(=O)OC(=O)N1CCCC1=O. The van der Waals surface area contributed by atoms with E-state index in [0.29, 0.717) is 6.42 Å². The number of carbonyl (C=O) groups is 3.